The van der Waals surface area contributed by atoms with Gasteiger partial charge in [0.25, 0.3) is 5.91 Å². The molecule has 0 saturated carbocycles. The predicted molar refractivity (Wildman–Crippen MR) is 170 cm³/mol. The SMILES string of the molecule is CCN(CC)S(=O)(=O)c1ccc(C(=O)NCc2nnc(SCC(=O)N3CCc4ccccc43)n2-c2ccc(Br)cc2)cc1. The Bertz CT molecular complexity index is 1720. The summed E-state index contributed by atoms with van der Waals surface area (Å²) in [4.78, 5) is 28.1. The monoisotopic (exact) mass is 682 g/mol. The number of hydrogen-bond acceptors (Lipinski definition) is 7. The Hall–Kier alpha value is -3.52. The van der Waals surface area contributed by atoms with E-state index >= 15 is 0 Å². The second kappa shape index (κ2) is 13.4. The molecule has 0 atom stereocenters. The Kier molecular flexibility index (Phi) is 9.65. The van der Waals surface area contributed by atoms with Gasteiger partial charge in [-0.3, -0.25) is 14.2 Å². The highest BCUT2D eigenvalue weighted by atomic mass is 79.9. The van der Waals surface area contributed by atoms with Crippen LogP contribution >= 0.6 is 27.7 Å². The fourth-order valence-corrected chi connectivity index (χ4v) is 7.48. The third-order valence-electron chi connectivity index (χ3n) is 7.16. The van der Waals surface area contributed by atoms with Gasteiger partial charge in [-0.1, -0.05) is 59.7 Å². The number of anilines is 1. The molecule has 43 heavy (non-hydrogen) atoms. The predicted octanol–water partition coefficient (Wildman–Crippen LogP) is 4.67. The molecule has 0 aliphatic carbocycles. The van der Waals surface area contributed by atoms with Crippen LogP contribution in [0.1, 0.15) is 35.6 Å². The van der Waals surface area contributed by atoms with Crippen LogP contribution in [0.2, 0.25) is 0 Å². The molecule has 0 fully saturated rings. The first-order valence-corrected chi connectivity index (χ1v) is 17.0. The summed E-state index contributed by atoms with van der Waals surface area (Å²) in [7, 11) is -3.62. The van der Waals surface area contributed by atoms with Gasteiger partial charge in [0.2, 0.25) is 15.9 Å². The first-order chi connectivity index (χ1) is 20.7. The summed E-state index contributed by atoms with van der Waals surface area (Å²) in [6, 6.07) is 21.4. The molecule has 0 unspecified atom stereocenters. The minimum atomic E-state index is -3.62. The Labute approximate surface area is 263 Å². The quantitative estimate of drug-likeness (QED) is 0.229. The van der Waals surface area contributed by atoms with Crippen LogP contribution in [0, 0.1) is 0 Å². The molecule has 4 aromatic rings. The maximum atomic E-state index is 13.2. The molecule has 1 aliphatic rings. The zero-order chi connectivity index (χ0) is 30.6. The van der Waals surface area contributed by atoms with Crippen molar-refractivity contribution >= 4 is 55.2 Å². The Morgan fingerprint density at radius 3 is 2.37 bits per heavy atom. The number of carbonyl (C=O) groups excluding carboxylic acids is 2. The number of halogens is 1. The number of aromatic nitrogens is 3. The molecule has 3 aromatic carbocycles. The van der Waals surface area contributed by atoms with E-state index in [1.165, 1.54) is 40.3 Å². The number of para-hydroxylation sites is 1. The molecule has 1 aromatic heterocycles. The number of amides is 2. The number of benzene rings is 3. The number of fused-ring (bicyclic) bond motifs is 1. The van der Waals surface area contributed by atoms with E-state index in [9.17, 15) is 18.0 Å². The second-order valence-electron chi connectivity index (χ2n) is 9.72. The summed E-state index contributed by atoms with van der Waals surface area (Å²) in [5, 5.41) is 12.1. The number of hydrogen-bond donors (Lipinski definition) is 1. The van der Waals surface area contributed by atoms with E-state index in [1.807, 2.05) is 58.0 Å². The lowest BCUT2D eigenvalue weighted by molar-refractivity contribution is -0.116. The van der Waals surface area contributed by atoms with Gasteiger partial charge in [-0.2, -0.15) is 4.31 Å². The van der Waals surface area contributed by atoms with Crippen LogP contribution in [0.3, 0.4) is 0 Å². The van der Waals surface area contributed by atoms with Gasteiger partial charge in [0.15, 0.2) is 11.0 Å². The summed E-state index contributed by atoms with van der Waals surface area (Å²) in [6.45, 7) is 5.00. The molecule has 5 rings (SSSR count). The van der Waals surface area contributed by atoms with E-state index in [-0.39, 0.29) is 29.0 Å². The standard InChI is InChI=1S/C30H31BrN6O4S2/c1-3-35(4-2)43(40,41)25-15-9-22(10-16-25)29(39)32-19-27-33-34-30(37(27)24-13-11-23(31)12-14-24)42-20-28(38)36-18-17-21-7-5-6-8-26(21)36/h5-16H,3-4,17-20H2,1-2H3,(H,32,39). The van der Waals surface area contributed by atoms with E-state index in [1.54, 1.807) is 13.8 Å². The average molecular weight is 684 g/mol. The van der Waals surface area contributed by atoms with E-state index in [0.29, 0.717) is 36.2 Å². The highest BCUT2D eigenvalue weighted by Gasteiger charge is 2.26. The largest absolute Gasteiger partial charge is 0.345 e. The molecule has 1 N–H and O–H groups in total. The minimum Gasteiger partial charge on any atom is -0.345 e. The topological polar surface area (TPSA) is 118 Å². The van der Waals surface area contributed by atoms with Gasteiger partial charge in [0.1, 0.15) is 0 Å². The molecular formula is C30H31BrN6O4S2. The molecule has 0 radical (unpaired) electrons. The van der Waals surface area contributed by atoms with Crippen molar-refractivity contribution in [2.75, 3.05) is 30.3 Å². The Morgan fingerprint density at radius 1 is 0.977 bits per heavy atom. The van der Waals surface area contributed by atoms with Gasteiger partial charge < -0.3 is 10.2 Å². The van der Waals surface area contributed by atoms with Crippen molar-refractivity contribution in [1.82, 2.24) is 24.4 Å². The van der Waals surface area contributed by atoms with Crippen molar-refractivity contribution in [3.8, 4) is 5.69 Å². The molecule has 2 amide bonds. The molecule has 2 heterocycles. The highest BCUT2D eigenvalue weighted by molar-refractivity contribution is 9.10. The maximum Gasteiger partial charge on any atom is 0.251 e. The van der Waals surface area contributed by atoms with Gasteiger partial charge in [-0.05, 0) is 66.6 Å². The number of nitrogens with one attached hydrogen (secondary N) is 1. The van der Waals surface area contributed by atoms with Gasteiger partial charge in [0, 0.05) is 41.0 Å². The fraction of sp³-hybridized carbons (Fsp3) is 0.267. The number of rotatable bonds is 11. The van der Waals surface area contributed by atoms with Crippen LogP contribution in [0.15, 0.2) is 87.3 Å². The van der Waals surface area contributed by atoms with Crippen LogP contribution in [0.5, 0.6) is 0 Å². The fourth-order valence-electron chi connectivity index (χ4n) is 4.91. The molecule has 0 spiro atoms. The number of carbonyl (C=O) groups is 2. The van der Waals surface area contributed by atoms with Crippen molar-refractivity contribution in [3.63, 3.8) is 0 Å². The van der Waals surface area contributed by atoms with E-state index in [2.05, 4.69) is 31.4 Å². The van der Waals surface area contributed by atoms with Gasteiger partial charge in [0.05, 0.1) is 17.2 Å². The van der Waals surface area contributed by atoms with E-state index < -0.39 is 10.0 Å². The minimum absolute atomic E-state index is 0.0124. The van der Waals surface area contributed by atoms with Crippen LogP contribution in [0.25, 0.3) is 5.69 Å². The maximum absolute atomic E-state index is 13.2. The van der Waals surface area contributed by atoms with Gasteiger partial charge >= 0.3 is 0 Å². The smallest absolute Gasteiger partial charge is 0.251 e. The molecule has 1 aliphatic heterocycles. The zero-order valence-electron chi connectivity index (χ0n) is 23.7. The third kappa shape index (κ3) is 6.69. The van der Waals surface area contributed by atoms with E-state index in [0.717, 1.165) is 27.8 Å². The summed E-state index contributed by atoms with van der Waals surface area (Å²) in [5.41, 5.74) is 3.21. The highest BCUT2D eigenvalue weighted by Crippen LogP contribution is 2.29. The zero-order valence-corrected chi connectivity index (χ0v) is 27.0. The molecule has 13 heteroatoms. The summed E-state index contributed by atoms with van der Waals surface area (Å²) in [5.74, 6) is 0.270. The first kappa shape index (κ1) is 30.9. The van der Waals surface area contributed by atoms with Crippen molar-refractivity contribution in [2.24, 2.45) is 0 Å². The van der Waals surface area contributed by atoms with Gasteiger partial charge in [-0.25, -0.2) is 8.42 Å². The van der Waals surface area contributed by atoms with Crippen molar-refractivity contribution < 1.29 is 18.0 Å². The van der Waals surface area contributed by atoms with Crippen molar-refractivity contribution in [1.29, 1.82) is 0 Å². The molecule has 10 nitrogen and oxygen atoms in total. The van der Waals surface area contributed by atoms with Crippen LogP contribution in [-0.2, 0) is 27.8 Å². The lowest BCUT2D eigenvalue weighted by Gasteiger charge is -2.18. The van der Waals surface area contributed by atoms with Crippen LogP contribution < -0.4 is 10.2 Å². The van der Waals surface area contributed by atoms with Crippen molar-refractivity contribution in [3.05, 3.63) is 94.2 Å². The molecular weight excluding hydrogens is 652 g/mol. The molecule has 0 saturated heterocycles. The van der Waals surface area contributed by atoms with Crippen LogP contribution in [0.4, 0.5) is 5.69 Å². The Morgan fingerprint density at radius 2 is 1.67 bits per heavy atom. The van der Waals surface area contributed by atoms with Gasteiger partial charge in [-0.15, -0.1) is 10.2 Å². The van der Waals surface area contributed by atoms with Crippen molar-refractivity contribution in [2.45, 2.75) is 36.9 Å². The molecule has 0 bridgehead atoms. The summed E-state index contributed by atoms with van der Waals surface area (Å²) in [6.07, 6.45) is 0.833. The lowest BCUT2D eigenvalue weighted by atomic mass is 10.2. The second-order valence-corrected chi connectivity index (χ2v) is 13.5. The molecule has 224 valence electrons. The number of thioether (sulfide) groups is 1. The Balaban J connectivity index is 1.31. The average Bonchev–Trinajstić information content (AvgIpc) is 3.64. The van der Waals surface area contributed by atoms with Crippen LogP contribution in [-0.4, -0.2) is 64.7 Å². The summed E-state index contributed by atoms with van der Waals surface area (Å²) < 4.78 is 29.7. The normalized spacial score (nSPS) is 12.9. The first-order valence-electron chi connectivity index (χ1n) is 13.8. The third-order valence-corrected chi connectivity index (χ3v) is 10.7. The summed E-state index contributed by atoms with van der Waals surface area (Å²) >= 11 is 4.75. The van der Waals surface area contributed by atoms with E-state index in [4.69, 9.17) is 0 Å². The number of sulfonamides is 1. The lowest BCUT2D eigenvalue weighted by Crippen LogP contribution is -2.30. The number of nitrogens with zero attached hydrogens (tertiary/aromatic N) is 5.